The largest absolute Gasteiger partial charge is 3.00 e. The van der Waals surface area contributed by atoms with Crippen LogP contribution in [0.4, 0.5) is 0 Å². The number of halogens is 2. The van der Waals surface area contributed by atoms with Crippen LogP contribution in [-0.4, -0.2) is 12.7 Å². The Bertz CT molecular complexity index is 404. The van der Waals surface area contributed by atoms with Crippen LogP contribution in [0.3, 0.4) is 0 Å². The van der Waals surface area contributed by atoms with Crippen molar-refractivity contribution in [3.63, 3.8) is 0 Å². The Labute approximate surface area is 149 Å². The van der Waals surface area contributed by atoms with Gasteiger partial charge in [0.25, 0.3) is 0 Å². The summed E-state index contributed by atoms with van der Waals surface area (Å²) in [5.41, 5.74) is 2.53. The van der Waals surface area contributed by atoms with Crippen LogP contribution < -0.4 is 24.8 Å². The Hall–Kier alpha value is -0.0457. The van der Waals surface area contributed by atoms with Crippen molar-refractivity contribution in [2.45, 2.75) is 32.3 Å². The van der Waals surface area contributed by atoms with Crippen LogP contribution in [0.15, 0.2) is 48.1 Å². The van der Waals surface area contributed by atoms with Crippen molar-refractivity contribution in [2.75, 3.05) is 6.61 Å². The van der Waals surface area contributed by atoms with Crippen LogP contribution in [0.1, 0.15) is 25.3 Å². The van der Waals surface area contributed by atoms with Gasteiger partial charge in [-0.25, -0.2) is 6.08 Å². The van der Waals surface area contributed by atoms with Gasteiger partial charge in [-0.2, -0.15) is 11.6 Å². The molecule has 1 radical (unpaired) electrons. The number of hydrogen-bond donors (Lipinski definition) is 0. The number of ether oxygens (including phenoxy) is 1. The van der Waals surface area contributed by atoms with Crippen LogP contribution in [0.2, 0.25) is 0 Å². The maximum absolute atomic E-state index is 5.93. The second-order valence-electron chi connectivity index (χ2n) is 4.29. The zero-order chi connectivity index (χ0) is 11.9. The molecule has 0 N–H and O–H groups in total. The van der Waals surface area contributed by atoms with Crippen molar-refractivity contribution in [1.29, 1.82) is 0 Å². The second kappa shape index (κ2) is 12.7. The molecular formula is C16H19Cl2OTi. The van der Waals surface area contributed by atoms with Crippen molar-refractivity contribution in [3.8, 4) is 0 Å². The summed E-state index contributed by atoms with van der Waals surface area (Å²) in [6.07, 6.45) is 10.7. The van der Waals surface area contributed by atoms with Crippen molar-refractivity contribution < 1.29 is 51.3 Å². The van der Waals surface area contributed by atoms with Gasteiger partial charge in [0.2, 0.25) is 0 Å². The molecule has 2 rings (SSSR count). The van der Waals surface area contributed by atoms with E-state index in [4.69, 9.17) is 4.74 Å². The van der Waals surface area contributed by atoms with Crippen molar-refractivity contribution in [1.82, 2.24) is 0 Å². The molecule has 1 nitrogen and oxygen atoms in total. The van der Waals surface area contributed by atoms with Gasteiger partial charge in [-0.15, -0.1) is 6.42 Å². The van der Waals surface area contributed by atoms with E-state index < -0.39 is 0 Å². The number of benzene rings is 1. The van der Waals surface area contributed by atoms with Crippen molar-refractivity contribution in [2.24, 2.45) is 0 Å². The molecule has 1 aromatic rings. The molecule has 0 bridgehead atoms. The molecule has 20 heavy (non-hydrogen) atoms. The van der Waals surface area contributed by atoms with Crippen molar-refractivity contribution in [3.05, 3.63) is 59.7 Å². The SMILES string of the molecule is CCCOC(Cc1ccccc1)C1=[C-]CC=C1.[Cl-].[Cl-].[Ti+3]. The minimum Gasteiger partial charge on any atom is -1.00 e. The third-order valence-corrected chi connectivity index (χ3v) is 2.86. The van der Waals surface area contributed by atoms with Gasteiger partial charge in [-0.3, -0.25) is 6.08 Å². The summed E-state index contributed by atoms with van der Waals surface area (Å²) in [5.74, 6) is 0. The molecule has 1 aromatic carbocycles. The fourth-order valence-corrected chi connectivity index (χ4v) is 1.99. The molecule has 1 atom stereocenters. The molecule has 1 aliphatic carbocycles. The van der Waals surface area contributed by atoms with Gasteiger partial charge in [0.1, 0.15) is 0 Å². The standard InChI is InChI=1S/C16H19O.2ClH.Ti/c1-2-12-17-16(15-10-6-7-11-15)13-14-8-4-3-5-9-14;;;/h3-6,8-10,16H,2,7,12-13H2,1H3;2*1H;/q-1;;;+3/p-2. The fraction of sp³-hybridized carbons (Fsp3) is 0.375. The molecule has 0 saturated heterocycles. The van der Waals surface area contributed by atoms with E-state index >= 15 is 0 Å². The molecule has 0 amide bonds. The maximum atomic E-state index is 5.93. The summed E-state index contributed by atoms with van der Waals surface area (Å²) in [4.78, 5) is 0. The monoisotopic (exact) mass is 345 g/mol. The molecule has 1 aliphatic rings. The minimum absolute atomic E-state index is 0. The summed E-state index contributed by atoms with van der Waals surface area (Å²) in [6.45, 7) is 2.96. The van der Waals surface area contributed by atoms with Crippen molar-refractivity contribution >= 4 is 0 Å². The molecule has 1 unspecified atom stereocenters. The molecule has 107 valence electrons. The molecule has 0 heterocycles. The number of rotatable bonds is 6. The summed E-state index contributed by atoms with van der Waals surface area (Å²) in [6, 6.07) is 10.5. The molecule has 0 fully saturated rings. The Morgan fingerprint density at radius 3 is 2.45 bits per heavy atom. The van der Waals surface area contributed by atoms with Gasteiger partial charge < -0.3 is 29.6 Å². The Morgan fingerprint density at radius 2 is 1.90 bits per heavy atom. The van der Waals surface area contributed by atoms with E-state index in [-0.39, 0.29) is 52.6 Å². The van der Waals surface area contributed by atoms with E-state index in [1.165, 1.54) is 11.1 Å². The number of allylic oxidation sites excluding steroid dienone is 2. The summed E-state index contributed by atoms with van der Waals surface area (Å²) in [5, 5.41) is 0. The first kappa shape index (κ1) is 22.2. The van der Waals surface area contributed by atoms with E-state index in [1.807, 2.05) is 6.07 Å². The van der Waals surface area contributed by atoms with Gasteiger partial charge in [-0.1, -0.05) is 37.3 Å². The molecule has 0 aliphatic heterocycles. The summed E-state index contributed by atoms with van der Waals surface area (Å²) in [7, 11) is 0. The van der Waals surface area contributed by atoms with E-state index in [0.29, 0.717) is 0 Å². The van der Waals surface area contributed by atoms with Gasteiger partial charge in [-0.05, 0) is 18.4 Å². The average molecular weight is 346 g/mol. The smallest absolute Gasteiger partial charge is 1.00 e. The van der Waals surface area contributed by atoms with Gasteiger partial charge in [0.05, 0.1) is 6.10 Å². The molecule has 0 saturated carbocycles. The zero-order valence-electron chi connectivity index (χ0n) is 11.6. The Kier molecular flexibility index (Phi) is 14.1. The normalized spacial score (nSPS) is 13.6. The third kappa shape index (κ3) is 7.10. The second-order valence-corrected chi connectivity index (χ2v) is 4.29. The van der Waals surface area contributed by atoms with Gasteiger partial charge >= 0.3 is 21.7 Å². The van der Waals surface area contributed by atoms with Gasteiger partial charge in [0, 0.05) is 6.61 Å². The van der Waals surface area contributed by atoms with E-state index in [2.05, 4.69) is 49.4 Å². The predicted molar refractivity (Wildman–Crippen MR) is 70.7 cm³/mol. The first-order valence-corrected chi connectivity index (χ1v) is 6.33. The predicted octanol–water partition coefficient (Wildman–Crippen LogP) is -2.28. The number of hydrogen-bond acceptors (Lipinski definition) is 1. The molecular weight excluding hydrogens is 327 g/mol. The molecule has 0 spiro atoms. The topological polar surface area (TPSA) is 9.23 Å². The van der Waals surface area contributed by atoms with Crippen LogP contribution in [0.5, 0.6) is 0 Å². The zero-order valence-corrected chi connectivity index (χ0v) is 14.7. The Morgan fingerprint density at radius 1 is 1.20 bits per heavy atom. The quantitative estimate of drug-likeness (QED) is 0.417. The molecule has 4 heteroatoms. The van der Waals surface area contributed by atoms with Gasteiger partial charge in [0.15, 0.2) is 0 Å². The minimum atomic E-state index is 0. The van der Waals surface area contributed by atoms with E-state index in [9.17, 15) is 0 Å². The van der Waals surface area contributed by atoms with Crippen LogP contribution in [0, 0.1) is 6.08 Å². The average Bonchev–Trinajstić information content (AvgIpc) is 2.89. The third-order valence-electron chi connectivity index (χ3n) is 2.86. The first-order chi connectivity index (χ1) is 8.40. The maximum Gasteiger partial charge on any atom is 3.00 e. The summed E-state index contributed by atoms with van der Waals surface area (Å²) < 4.78 is 5.93. The fourth-order valence-electron chi connectivity index (χ4n) is 1.99. The summed E-state index contributed by atoms with van der Waals surface area (Å²) >= 11 is 0. The molecule has 0 aromatic heterocycles. The van der Waals surface area contributed by atoms with E-state index in [1.54, 1.807) is 0 Å². The van der Waals surface area contributed by atoms with Crippen LogP contribution in [0.25, 0.3) is 0 Å². The van der Waals surface area contributed by atoms with Crippen LogP contribution in [-0.2, 0) is 32.9 Å². The van der Waals surface area contributed by atoms with Crippen LogP contribution >= 0.6 is 0 Å². The Balaban J connectivity index is 0. The van der Waals surface area contributed by atoms with E-state index in [0.717, 1.165) is 25.9 Å². The first-order valence-electron chi connectivity index (χ1n) is 6.33.